The van der Waals surface area contributed by atoms with E-state index in [-0.39, 0.29) is 0 Å². The molecule has 0 spiro atoms. The van der Waals surface area contributed by atoms with Crippen molar-refractivity contribution in [3.63, 3.8) is 0 Å². The van der Waals surface area contributed by atoms with E-state index in [1.54, 1.807) is 0 Å². The van der Waals surface area contributed by atoms with Gasteiger partial charge in [0.05, 0.1) is 0 Å². The highest BCUT2D eigenvalue weighted by atomic mass is 32.1. The molecule has 16 heavy (non-hydrogen) atoms. The molecule has 0 saturated carbocycles. The zero-order valence-corrected chi connectivity index (χ0v) is 9.87. The van der Waals surface area contributed by atoms with Gasteiger partial charge >= 0.3 is 0 Å². The van der Waals surface area contributed by atoms with Gasteiger partial charge in [-0.05, 0) is 23.7 Å². The minimum atomic E-state index is 0.369. The van der Waals surface area contributed by atoms with Gasteiger partial charge in [0.25, 0.3) is 0 Å². The smallest absolute Gasteiger partial charge is 0.214 e. The van der Waals surface area contributed by atoms with E-state index in [0.29, 0.717) is 10.7 Å². The number of aromatic amines is 1. The topological polar surface area (TPSA) is 59.6 Å². The maximum absolute atomic E-state index is 5.75. The molecule has 2 aromatic rings. The predicted molar refractivity (Wildman–Crippen MR) is 66.1 cm³/mol. The SMILES string of the molecule is C[C@@H](Cc1n[nH]c(=S)n1N)c1ccccc1. The van der Waals surface area contributed by atoms with E-state index >= 15 is 0 Å². The number of benzene rings is 1. The second-order valence-corrected chi connectivity index (χ2v) is 4.22. The lowest BCUT2D eigenvalue weighted by atomic mass is 9.98. The first-order valence-corrected chi connectivity index (χ1v) is 5.55. The first-order valence-electron chi connectivity index (χ1n) is 5.15. The average Bonchev–Trinajstić information content (AvgIpc) is 2.62. The van der Waals surface area contributed by atoms with Crippen molar-refractivity contribution in [1.29, 1.82) is 0 Å². The van der Waals surface area contributed by atoms with Crippen molar-refractivity contribution < 1.29 is 0 Å². The van der Waals surface area contributed by atoms with Crippen LogP contribution in [0.5, 0.6) is 0 Å². The first-order chi connectivity index (χ1) is 7.68. The molecule has 3 N–H and O–H groups in total. The van der Waals surface area contributed by atoms with E-state index in [2.05, 4.69) is 29.3 Å². The fourth-order valence-electron chi connectivity index (χ4n) is 1.65. The Morgan fingerprint density at radius 1 is 1.44 bits per heavy atom. The van der Waals surface area contributed by atoms with Gasteiger partial charge in [-0.2, -0.15) is 5.10 Å². The Morgan fingerprint density at radius 2 is 2.12 bits per heavy atom. The van der Waals surface area contributed by atoms with Crippen LogP contribution in [0.15, 0.2) is 30.3 Å². The Labute approximate surface area is 99.1 Å². The summed E-state index contributed by atoms with van der Waals surface area (Å²) in [4.78, 5) is 0. The number of nitrogens with one attached hydrogen (secondary N) is 1. The highest BCUT2D eigenvalue weighted by molar-refractivity contribution is 7.71. The summed E-state index contributed by atoms with van der Waals surface area (Å²) in [7, 11) is 0. The zero-order valence-electron chi connectivity index (χ0n) is 9.05. The molecular formula is C11H14N4S. The normalized spacial score (nSPS) is 12.6. The lowest BCUT2D eigenvalue weighted by Gasteiger charge is -2.10. The number of nitrogen functional groups attached to an aromatic ring is 1. The standard InChI is InChI=1S/C11H14N4S/c1-8(9-5-3-2-4-6-9)7-10-13-14-11(16)15(10)12/h2-6,8H,7,12H2,1H3,(H,14,16)/t8-/m0/s1. The molecule has 1 heterocycles. The third kappa shape index (κ3) is 2.14. The van der Waals surface area contributed by atoms with Crippen LogP contribution in [0.2, 0.25) is 0 Å². The molecule has 0 bridgehead atoms. The molecule has 84 valence electrons. The Bertz CT molecular complexity index is 514. The number of nitrogens with two attached hydrogens (primary N) is 1. The summed E-state index contributed by atoms with van der Waals surface area (Å²) in [6, 6.07) is 10.3. The molecule has 0 aliphatic carbocycles. The van der Waals surface area contributed by atoms with Gasteiger partial charge in [0.15, 0.2) is 5.82 Å². The van der Waals surface area contributed by atoms with Crippen LogP contribution in [0.4, 0.5) is 0 Å². The first kappa shape index (κ1) is 10.9. The Balaban J connectivity index is 2.17. The monoisotopic (exact) mass is 234 g/mol. The van der Waals surface area contributed by atoms with Crippen LogP contribution in [0.3, 0.4) is 0 Å². The van der Waals surface area contributed by atoms with E-state index in [4.69, 9.17) is 18.1 Å². The predicted octanol–water partition coefficient (Wildman–Crippen LogP) is 2.00. The van der Waals surface area contributed by atoms with Crippen LogP contribution in [-0.2, 0) is 6.42 Å². The van der Waals surface area contributed by atoms with Gasteiger partial charge in [-0.15, -0.1) is 0 Å². The van der Waals surface area contributed by atoms with Crippen molar-refractivity contribution in [2.24, 2.45) is 0 Å². The van der Waals surface area contributed by atoms with E-state index in [9.17, 15) is 0 Å². The molecule has 0 saturated heterocycles. The van der Waals surface area contributed by atoms with Gasteiger partial charge in [0.2, 0.25) is 4.77 Å². The van der Waals surface area contributed by atoms with Gasteiger partial charge in [0.1, 0.15) is 0 Å². The fraction of sp³-hybridized carbons (Fsp3) is 0.273. The third-order valence-electron chi connectivity index (χ3n) is 2.63. The second kappa shape index (κ2) is 4.49. The minimum Gasteiger partial charge on any atom is -0.335 e. The van der Waals surface area contributed by atoms with Crippen LogP contribution in [0.1, 0.15) is 24.2 Å². The molecule has 0 amide bonds. The molecule has 0 unspecified atom stereocenters. The summed E-state index contributed by atoms with van der Waals surface area (Å²) in [6.45, 7) is 2.15. The lowest BCUT2D eigenvalue weighted by molar-refractivity contribution is 0.693. The minimum absolute atomic E-state index is 0.369. The largest absolute Gasteiger partial charge is 0.335 e. The van der Waals surface area contributed by atoms with Crippen LogP contribution < -0.4 is 5.84 Å². The van der Waals surface area contributed by atoms with E-state index in [1.165, 1.54) is 10.2 Å². The number of H-pyrrole nitrogens is 1. The summed E-state index contributed by atoms with van der Waals surface area (Å²) in [5.74, 6) is 6.90. The van der Waals surface area contributed by atoms with E-state index in [1.807, 2.05) is 18.2 Å². The summed E-state index contributed by atoms with van der Waals surface area (Å²) in [5, 5.41) is 6.79. The van der Waals surface area contributed by atoms with Gasteiger partial charge in [0, 0.05) is 6.42 Å². The van der Waals surface area contributed by atoms with Crippen LogP contribution in [-0.4, -0.2) is 14.9 Å². The van der Waals surface area contributed by atoms with Gasteiger partial charge in [-0.3, -0.25) is 5.10 Å². The Hall–Kier alpha value is -1.62. The Morgan fingerprint density at radius 3 is 2.69 bits per heavy atom. The van der Waals surface area contributed by atoms with E-state index < -0.39 is 0 Å². The quantitative estimate of drug-likeness (QED) is 0.631. The van der Waals surface area contributed by atoms with Crippen molar-refractivity contribution >= 4 is 12.2 Å². The molecule has 5 heteroatoms. The van der Waals surface area contributed by atoms with Gasteiger partial charge in [-0.1, -0.05) is 37.3 Å². The molecule has 0 fully saturated rings. The molecule has 4 nitrogen and oxygen atoms in total. The molecule has 0 radical (unpaired) electrons. The van der Waals surface area contributed by atoms with Crippen molar-refractivity contribution in [1.82, 2.24) is 14.9 Å². The molecule has 0 aliphatic rings. The summed E-state index contributed by atoms with van der Waals surface area (Å²) in [6.07, 6.45) is 0.771. The number of hydrogen-bond acceptors (Lipinski definition) is 3. The number of rotatable bonds is 3. The second-order valence-electron chi connectivity index (χ2n) is 3.83. The van der Waals surface area contributed by atoms with Crippen molar-refractivity contribution in [2.75, 3.05) is 5.84 Å². The summed E-state index contributed by atoms with van der Waals surface area (Å²) < 4.78 is 1.88. The van der Waals surface area contributed by atoms with Crippen LogP contribution >= 0.6 is 12.2 Å². The highest BCUT2D eigenvalue weighted by Crippen LogP contribution is 2.18. The van der Waals surface area contributed by atoms with Crippen molar-refractivity contribution in [3.05, 3.63) is 46.5 Å². The van der Waals surface area contributed by atoms with Crippen molar-refractivity contribution in [3.8, 4) is 0 Å². The maximum Gasteiger partial charge on any atom is 0.214 e. The van der Waals surface area contributed by atoms with E-state index in [0.717, 1.165) is 12.2 Å². The summed E-state index contributed by atoms with van der Waals surface area (Å²) in [5.41, 5.74) is 1.27. The van der Waals surface area contributed by atoms with Gasteiger partial charge in [-0.25, -0.2) is 4.68 Å². The molecule has 0 aliphatic heterocycles. The zero-order chi connectivity index (χ0) is 11.5. The molecule has 1 atom stereocenters. The molecule has 1 aromatic carbocycles. The van der Waals surface area contributed by atoms with Crippen LogP contribution in [0.25, 0.3) is 0 Å². The lowest BCUT2D eigenvalue weighted by Crippen LogP contribution is -2.14. The number of aromatic nitrogens is 3. The highest BCUT2D eigenvalue weighted by Gasteiger charge is 2.10. The molecular weight excluding hydrogens is 220 g/mol. The third-order valence-corrected chi connectivity index (χ3v) is 2.92. The van der Waals surface area contributed by atoms with Gasteiger partial charge < -0.3 is 5.84 Å². The number of nitrogens with zero attached hydrogens (tertiary/aromatic N) is 2. The van der Waals surface area contributed by atoms with Crippen molar-refractivity contribution in [2.45, 2.75) is 19.3 Å². The molecule has 1 aromatic heterocycles. The Kier molecular flexibility index (Phi) is 3.05. The summed E-state index contributed by atoms with van der Waals surface area (Å²) >= 11 is 4.96. The van der Waals surface area contributed by atoms with Crippen LogP contribution in [0, 0.1) is 4.77 Å². The fourth-order valence-corrected chi connectivity index (χ4v) is 1.81. The maximum atomic E-state index is 5.75. The average molecular weight is 234 g/mol. The number of hydrogen-bond donors (Lipinski definition) is 2. The molecule has 2 rings (SSSR count).